The van der Waals surface area contributed by atoms with Crippen molar-refractivity contribution in [3.8, 4) is 5.75 Å². The molecule has 0 saturated carbocycles. The van der Waals surface area contributed by atoms with Gasteiger partial charge in [-0.15, -0.1) is 0 Å². The number of anilines is 1. The summed E-state index contributed by atoms with van der Waals surface area (Å²) in [5.74, 6) is -0.698. The highest BCUT2D eigenvalue weighted by atomic mass is 35.5. The Morgan fingerprint density at radius 2 is 1.62 bits per heavy atom. The Labute approximate surface area is 302 Å². The molecule has 264 valence electrons. The summed E-state index contributed by atoms with van der Waals surface area (Å²) in [6.07, 6.45) is 0.756. The molecule has 4 aromatic carbocycles. The lowest BCUT2D eigenvalue weighted by atomic mass is 10.0. The first-order chi connectivity index (χ1) is 23.7. The second-order valence-electron chi connectivity index (χ2n) is 11.7. The largest absolute Gasteiger partial charge is 0.497 e. The first kappa shape index (κ1) is 38.2. The number of aryl methyl sites for hydroxylation is 1. The van der Waals surface area contributed by atoms with Gasteiger partial charge in [-0.25, -0.2) is 8.42 Å². The second kappa shape index (κ2) is 16.8. The normalized spacial score (nSPS) is 12.4. The Morgan fingerprint density at radius 3 is 2.22 bits per heavy atom. The molecule has 14 heteroatoms. The molecule has 2 amide bonds. The first-order valence-corrected chi connectivity index (χ1v) is 17.9. The molecule has 0 bridgehead atoms. The van der Waals surface area contributed by atoms with Gasteiger partial charge in [-0.3, -0.25) is 24.0 Å². The van der Waals surface area contributed by atoms with E-state index in [-0.39, 0.29) is 40.2 Å². The van der Waals surface area contributed by atoms with E-state index in [2.05, 4.69) is 5.32 Å². The lowest BCUT2D eigenvalue weighted by Gasteiger charge is -2.34. The highest BCUT2D eigenvalue weighted by Gasteiger charge is 2.35. The molecule has 4 rings (SSSR count). The van der Waals surface area contributed by atoms with Crippen molar-refractivity contribution < 1.29 is 27.7 Å². The van der Waals surface area contributed by atoms with Gasteiger partial charge in [0.05, 0.1) is 32.7 Å². The second-order valence-corrected chi connectivity index (χ2v) is 14.4. The molecule has 0 aromatic heterocycles. The van der Waals surface area contributed by atoms with E-state index in [0.717, 1.165) is 15.9 Å². The van der Waals surface area contributed by atoms with Crippen molar-refractivity contribution in [1.82, 2.24) is 10.2 Å². The lowest BCUT2D eigenvalue weighted by Crippen LogP contribution is -2.54. The molecule has 2 atom stereocenters. The number of carbonyl (C=O) groups is 2. The third-order valence-corrected chi connectivity index (χ3v) is 10.7. The number of hydrogen-bond donors (Lipinski definition) is 1. The average molecular weight is 742 g/mol. The van der Waals surface area contributed by atoms with Gasteiger partial charge in [0, 0.05) is 30.6 Å². The molecule has 0 aliphatic carbocycles. The third kappa shape index (κ3) is 9.32. The summed E-state index contributed by atoms with van der Waals surface area (Å²) in [5.41, 5.74) is 1.30. The molecule has 0 spiro atoms. The number of nitrogens with one attached hydrogen (secondary N) is 1. The van der Waals surface area contributed by atoms with Crippen molar-refractivity contribution in [3.05, 3.63) is 128 Å². The SMILES string of the molecule is CC[C@@H](C)NC(=O)[C@@H](Cc1ccccc1)N(Cc1ccc(Cl)c(Cl)c1)C(=O)CN(c1ccc(OC)cc1)S(=O)(=O)c1ccc(C)c([N+](=O)[O-])c1. The van der Waals surface area contributed by atoms with Gasteiger partial charge >= 0.3 is 0 Å². The highest BCUT2D eigenvalue weighted by molar-refractivity contribution is 7.92. The van der Waals surface area contributed by atoms with E-state index in [1.165, 1.54) is 55.3 Å². The van der Waals surface area contributed by atoms with E-state index in [9.17, 15) is 28.1 Å². The van der Waals surface area contributed by atoms with Gasteiger partial charge in [-0.1, -0.05) is 72.6 Å². The number of hydrogen-bond acceptors (Lipinski definition) is 7. The maximum atomic E-state index is 14.7. The van der Waals surface area contributed by atoms with Crippen LogP contribution in [0.2, 0.25) is 10.0 Å². The summed E-state index contributed by atoms with van der Waals surface area (Å²) >= 11 is 12.5. The monoisotopic (exact) mass is 740 g/mol. The van der Waals surface area contributed by atoms with E-state index < -0.39 is 45.0 Å². The Kier molecular flexibility index (Phi) is 12.9. The molecule has 50 heavy (non-hydrogen) atoms. The van der Waals surface area contributed by atoms with E-state index in [4.69, 9.17) is 27.9 Å². The topological polar surface area (TPSA) is 139 Å². The van der Waals surface area contributed by atoms with Crippen molar-refractivity contribution in [3.63, 3.8) is 0 Å². The molecular weight excluding hydrogens is 703 g/mol. The summed E-state index contributed by atoms with van der Waals surface area (Å²) in [5, 5.41) is 15.3. The number of rotatable bonds is 15. The Morgan fingerprint density at radius 1 is 0.940 bits per heavy atom. The van der Waals surface area contributed by atoms with Gasteiger partial charge in [0.2, 0.25) is 11.8 Å². The number of nitro groups is 1. The summed E-state index contributed by atoms with van der Waals surface area (Å²) in [6.45, 7) is 4.40. The standard InChI is InChI=1S/C36H38Cl2N4O7S/c1-5-25(3)39-36(44)34(20-26-9-7-6-8-10-26)40(22-27-12-18-31(37)32(38)19-27)35(43)23-41(28-13-15-29(49-4)16-14-28)50(47,48)30-17-11-24(2)33(21-30)42(45)46/h6-19,21,25,34H,5,20,22-23H2,1-4H3,(H,39,44)/t25-,34-/m1/s1. The summed E-state index contributed by atoms with van der Waals surface area (Å²) in [6, 6.07) is 22.3. The van der Waals surface area contributed by atoms with Gasteiger partial charge < -0.3 is 15.0 Å². The number of nitrogens with zero attached hydrogens (tertiary/aromatic N) is 3. The number of methoxy groups -OCH3 is 1. The van der Waals surface area contributed by atoms with Crippen molar-refractivity contribution in [2.45, 2.75) is 57.1 Å². The fourth-order valence-corrected chi connectivity index (χ4v) is 6.94. The zero-order valence-corrected chi connectivity index (χ0v) is 30.3. The van der Waals surface area contributed by atoms with Gasteiger partial charge in [-0.05, 0) is 73.9 Å². The fourth-order valence-electron chi connectivity index (χ4n) is 5.18. The number of halogens is 2. The summed E-state index contributed by atoms with van der Waals surface area (Å²) in [4.78, 5) is 40.7. The molecule has 0 saturated heterocycles. The number of benzene rings is 4. The third-order valence-electron chi connectivity index (χ3n) is 8.21. The van der Waals surface area contributed by atoms with Gasteiger partial charge in [0.1, 0.15) is 18.3 Å². The highest BCUT2D eigenvalue weighted by Crippen LogP contribution is 2.30. The smallest absolute Gasteiger partial charge is 0.273 e. The fraction of sp³-hybridized carbons (Fsp3) is 0.278. The van der Waals surface area contributed by atoms with E-state index >= 15 is 0 Å². The van der Waals surface area contributed by atoms with E-state index in [0.29, 0.717) is 22.8 Å². The number of carbonyl (C=O) groups excluding carboxylic acids is 2. The van der Waals surface area contributed by atoms with Crippen LogP contribution in [-0.4, -0.2) is 55.8 Å². The Bertz CT molecular complexity index is 1940. The van der Waals surface area contributed by atoms with Crippen LogP contribution in [-0.2, 0) is 32.6 Å². The van der Waals surface area contributed by atoms with Crippen LogP contribution in [0.1, 0.15) is 37.0 Å². The number of sulfonamides is 1. The quantitative estimate of drug-likeness (QED) is 0.103. The van der Waals surface area contributed by atoms with Crippen molar-refractivity contribution in [2.75, 3.05) is 18.0 Å². The van der Waals surface area contributed by atoms with Crippen LogP contribution < -0.4 is 14.4 Å². The molecule has 0 aliphatic rings. The molecule has 0 fully saturated rings. The van der Waals surface area contributed by atoms with Gasteiger partial charge in [0.15, 0.2) is 0 Å². The summed E-state index contributed by atoms with van der Waals surface area (Å²) < 4.78 is 34.8. The van der Waals surface area contributed by atoms with Crippen LogP contribution in [0.15, 0.2) is 95.9 Å². The zero-order valence-electron chi connectivity index (χ0n) is 28.0. The van der Waals surface area contributed by atoms with Crippen molar-refractivity contribution in [2.24, 2.45) is 0 Å². The Hall–Kier alpha value is -4.65. The van der Waals surface area contributed by atoms with Crippen LogP contribution in [0.5, 0.6) is 5.75 Å². The molecule has 11 nitrogen and oxygen atoms in total. The minimum absolute atomic E-state index is 0.0977. The van der Waals surface area contributed by atoms with Crippen molar-refractivity contribution in [1.29, 1.82) is 0 Å². The van der Waals surface area contributed by atoms with E-state index in [1.807, 2.05) is 44.2 Å². The maximum absolute atomic E-state index is 14.7. The number of amides is 2. The Balaban J connectivity index is 1.86. The minimum atomic E-state index is -4.59. The predicted molar refractivity (Wildman–Crippen MR) is 194 cm³/mol. The van der Waals surface area contributed by atoms with E-state index in [1.54, 1.807) is 18.2 Å². The van der Waals surface area contributed by atoms with Crippen molar-refractivity contribution >= 4 is 56.4 Å². The van der Waals surface area contributed by atoms with Crippen LogP contribution in [0, 0.1) is 17.0 Å². The van der Waals surface area contributed by atoms with Gasteiger partial charge in [-0.2, -0.15) is 0 Å². The number of ether oxygens (including phenoxy) is 1. The first-order valence-electron chi connectivity index (χ1n) is 15.7. The average Bonchev–Trinajstić information content (AvgIpc) is 3.10. The predicted octanol–water partition coefficient (Wildman–Crippen LogP) is 6.97. The molecule has 0 heterocycles. The molecule has 0 unspecified atom stereocenters. The number of nitro benzene ring substituents is 1. The molecule has 1 N–H and O–H groups in total. The van der Waals surface area contributed by atoms with Gasteiger partial charge in [0.25, 0.3) is 15.7 Å². The maximum Gasteiger partial charge on any atom is 0.273 e. The molecule has 0 radical (unpaired) electrons. The molecule has 4 aromatic rings. The summed E-state index contributed by atoms with van der Waals surface area (Å²) in [7, 11) is -3.13. The van der Waals surface area contributed by atoms with Crippen LogP contribution >= 0.6 is 23.2 Å². The minimum Gasteiger partial charge on any atom is -0.497 e. The lowest BCUT2D eigenvalue weighted by molar-refractivity contribution is -0.385. The molecular formula is C36H38Cl2N4O7S. The van der Waals surface area contributed by atoms with Crippen LogP contribution in [0.4, 0.5) is 11.4 Å². The van der Waals surface area contributed by atoms with Crippen LogP contribution in [0.25, 0.3) is 0 Å². The molecule has 0 aliphatic heterocycles. The zero-order chi connectivity index (χ0) is 36.6. The van der Waals surface area contributed by atoms with Crippen LogP contribution in [0.3, 0.4) is 0 Å².